The second-order valence-electron chi connectivity index (χ2n) is 6.26. The smallest absolute Gasteiger partial charge is 0.141 e. The third-order valence-electron chi connectivity index (χ3n) is 4.33. The van der Waals surface area contributed by atoms with Gasteiger partial charge in [-0.2, -0.15) is 0 Å². The number of phenols is 2. The highest BCUT2D eigenvalue weighted by atomic mass is 35.5. The summed E-state index contributed by atoms with van der Waals surface area (Å²) >= 11 is 6.25. The lowest BCUT2D eigenvalue weighted by Gasteiger charge is -2.12. The Balaban J connectivity index is 2.39. The predicted molar refractivity (Wildman–Crippen MR) is 101 cm³/mol. The van der Waals surface area contributed by atoms with E-state index in [0.29, 0.717) is 22.2 Å². The number of aromatic hydroxyl groups is 2. The molecule has 0 aliphatic heterocycles. The van der Waals surface area contributed by atoms with E-state index in [4.69, 9.17) is 11.6 Å². The molecule has 0 heterocycles. The quantitative estimate of drug-likeness (QED) is 0.651. The van der Waals surface area contributed by atoms with Crippen molar-refractivity contribution < 1.29 is 10.2 Å². The minimum absolute atomic E-state index is 0.119. The minimum Gasteiger partial charge on any atom is -0.507 e. The number of nitrogens with zero attached hydrogens (tertiary/aromatic N) is 1. The summed E-state index contributed by atoms with van der Waals surface area (Å²) in [5, 5.41) is 20.8. The van der Waals surface area contributed by atoms with Gasteiger partial charge in [-0.15, -0.1) is 0 Å². The third-order valence-corrected chi connectivity index (χ3v) is 4.91. The maximum atomic E-state index is 10.1. The normalized spacial score (nSPS) is 12.7. The van der Waals surface area contributed by atoms with Crippen molar-refractivity contribution in [2.75, 3.05) is 0 Å². The average Bonchev–Trinajstić information content (AvgIpc) is 2.54. The molecule has 0 spiro atoms. The van der Waals surface area contributed by atoms with Crippen LogP contribution in [0, 0.1) is 13.8 Å². The van der Waals surface area contributed by atoms with Gasteiger partial charge < -0.3 is 10.2 Å². The molecule has 0 saturated carbocycles. The van der Waals surface area contributed by atoms with Gasteiger partial charge in [-0.05, 0) is 61.1 Å². The van der Waals surface area contributed by atoms with Crippen LogP contribution in [0.5, 0.6) is 11.5 Å². The van der Waals surface area contributed by atoms with Crippen molar-refractivity contribution in [2.24, 2.45) is 4.99 Å². The number of aliphatic imine (C=N–C) groups is 1. The fourth-order valence-corrected chi connectivity index (χ4v) is 2.96. The van der Waals surface area contributed by atoms with Crippen molar-refractivity contribution in [1.29, 1.82) is 0 Å². The van der Waals surface area contributed by atoms with E-state index >= 15 is 0 Å². The molecular formula is C20H24ClNO2. The summed E-state index contributed by atoms with van der Waals surface area (Å²) in [5.41, 5.74) is 3.79. The lowest BCUT2D eigenvalue weighted by molar-refractivity contribution is 0.473. The minimum atomic E-state index is 0.119. The molecule has 4 heteroatoms. The highest BCUT2D eigenvalue weighted by molar-refractivity contribution is 6.32. The lowest BCUT2D eigenvalue weighted by Crippen LogP contribution is -1.93. The standard InChI is InChI=1S/C20H24ClNO2/c1-5-6-12(2)15-7-8-18(23)17(10-15)22-11-16-14(4)20(21)13(3)9-19(16)24/h7-12,23-24H,5-6H2,1-4H3. The summed E-state index contributed by atoms with van der Waals surface area (Å²) < 4.78 is 0. The maximum absolute atomic E-state index is 10.1. The zero-order chi connectivity index (χ0) is 17.9. The van der Waals surface area contributed by atoms with Crippen LogP contribution >= 0.6 is 11.6 Å². The van der Waals surface area contributed by atoms with E-state index in [1.165, 1.54) is 0 Å². The molecule has 0 bridgehead atoms. The first kappa shape index (κ1) is 18.3. The fourth-order valence-electron chi connectivity index (χ4n) is 2.80. The van der Waals surface area contributed by atoms with E-state index in [1.807, 2.05) is 26.0 Å². The Labute approximate surface area is 148 Å². The second-order valence-corrected chi connectivity index (χ2v) is 6.64. The maximum Gasteiger partial charge on any atom is 0.141 e. The van der Waals surface area contributed by atoms with E-state index in [0.717, 1.165) is 29.5 Å². The van der Waals surface area contributed by atoms with Crippen LogP contribution in [0.4, 0.5) is 5.69 Å². The Kier molecular flexibility index (Phi) is 5.89. The zero-order valence-corrected chi connectivity index (χ0v) is 15.4. The largest absolute Gasteiger partial charge is 0.507 e. The van der Waals surface area contributed by atoms with Crippen LogP contribution < -0.4 is 0 Å². The van der Waals surface area contributed by atoms with Gasteiger partial charge in [-0.1, -0.05) is 37.9 Å². The van der Waals surface area contributed by atoms with Crippen LogP contribution in [0.25, 0.3) is 0 Å². The summed E-state index contributed by atoms with van der Waals surface area (Å²) in [6, 6.07) is 7.12. The van der Waals surface area contributed by atoms with Gasteiger partial charge in [0.05, 0.1) is 0 Å². The molecule has 24 heavy (non-hydrogen) atoms. The van der Waals surface area contributed by atoms with Gasteiger partial charge in [0.15, 0.2) is 0 Å². The Morgan fingerprint density at radius 2 is 1.88 bits per heavy atom. The molecule has 0 aromatic heterocycles. The lowest BCUT2D eigenvalue weighted by atomic mass is 9.96. The van der Waals surface area contributed by atoms with Gasteiger partial charge in [0.2, 0.25) is 0 Å². The Hall–Kier alpha value is -2.00. The van der Waals surface area contributed by atoms with Crippen molar-refractivity contribution in [3.05, 3.63) is 51.5 Å². The predicted octanol–water partition coefficient (Wildman–Crippen LogP) is 6.02. The van der Waals surface area contributed by atoms with Gasteiger partial charge >= 0.3 is 0 Å². The number of rotatable bonds is 5. The van der Waals surface area contributed by atoms with Gasteiger partial charge in [0.25, 0.3) is 0 Å². The summed E-state index contributed by atoms with van der Waals surface area (Å²) in [5.74, 6) is 0.663. The molecule has 3 nitrogen and oxygen atoms in total. The average molecular weight is 346 g/mol. The first-order valence-corrected chi connectivity index (χ1v) is 8.58. The summed E-state index contributed by atoms with van der Waals surface area (Å²) in [6.45, 7) is 8.01. The van der Waals surface area contributed by atoms with Crippen molar-refractivity contribution in [3.63, 3.8) is 0 Å². The second kappa shape index (κ2) is 7.71. The van der Waals surface area contributed by atoms with Gasteiger partial charge in [-0.25, -0.2) is 0 Å². The van der Waals surface area contributed by atoms with E-state index in [1.54, 1.807) is 18.3 Å². The number of benzene rings is 2. The molecule has 1 unspecified atom stereocenters. The van der Waals surface area contributed by atoms with Crippen LogP contribution in [-0.2, 0) is 0 Å². The molecule has 2 aromatic carbocycles. The van der Waals surface area contributed by atoms with Crippen molar-refractivity contribution in [3.8, 4) is 11.5 Å². The molecule has 1 atom stereocenters. The number of aryl methyl sites for hydroxylation is 1. The molecule has 0 fully saturated rings. The Morgan fingerprint density at radius 3 is 2.54 bits per heavy atom. The Morgan fingerprint density at radius 1 is 1.17 bits per heavy atom. The molecule has 0 saturated heterocycles. The third kappa shape index (κ3) is 3.90. The van der Waals surface area contributed by atoms with Gasteiger partial charge in [-0.3, -0.25) is 4.99 Å². The van der Waals surface area contributed by atoms with Gasteiger partial charge in [0, 0.05) is 16.8 Å². The van der Waals surface area contributed by atoms with Crippen LogP contribution in [0.1, 0.15) is 54.9 Å². The first-order chi connectivity index (χ1) is 11.3. The topological polar surface area (TPSA) is 52.8 Å². The first-order valence-electron chi connectivity index (χ1n) is 8.20. The summed E-state index contributed by atoms with van der Waals surface area (Å²) in [4.78, 5) is 4.38. The van der Waals surface area contributed by atoms with E-state index < -0.39 is 0 Å². The Bertz CT molecular complexity index is 769. The molecule has 128 valence electrons. The summed E-state index contributed by atoms with van der Waals surface area (Å²) in [7, 11) is 0. The van der Waals surface area contributed by atoms with E-state index in [2.05, 4.69) is 18.8 Å². The highest BCUT2D eigenvalue weighted by Gasteiger charge is 2.11. The molecule has 0 radical (unpaired) electrons. The monoisotopic (exact) mass is 345 g/mol. The van der Waals surface area contributed by atoms with E-state index in [9.17, 15) is 10.2 Å². The molecule has 2 aromatic rings. The van der Waals surface area contributed by atoms with E-state index in [-0.39, 0.29) is 11.5 Å². The number of hydrogen-bond acceptors (Lipinski definition) is 3. The molecule has 2 N–H and O–H groups in total. The van der Waals surface area contributed by atoms with Crippen molar-refractivity contribution in [2.45, 2.75) is 46.5 Å². The van der Waals surface area contributed by atoms with Crippen molar-refractivity contribution in [1.82, 2.24) is 0 Å². The van der Waals surface area contributed by atoms with Crippen LogP contribution in [0.2, 0.25) is 5.02 Å². The highest BCUT2D eigenvalue weighted by Crippen LogP contribution is 2.33. The number of halogens is 1. The van der Waals surface area contributed by atoms with Crippen LogP contribution in [0.15, 0.2) is 29.3 Å². The number of phenolic OH excluding ortho intramolecular Hbond substituents is 2. The SMILES string of the molecule is CCCC(C)c1ccc(O)c(N=Cc2c(O)cc(C)c(Cl)c2C)c1. The molecular weight excluding hydrogens is 322 g/mol. The van der Waals surface area contributed by atoms with Crippen LogP contribution in [-0.4, -0.2) is 16.4 Å². The van der Waals surface area contributed by atoms with Gasteiger partial charge in [0.1, 0.15) is 17.2 Å². The molecule has 0 amide bonds. The zero-order valence-electron chi connectivity index (χ0n) is 14.6. The molecule has 0 aliphatic carbocycles. The number of hydrogen-bond donors (Lipinski definition) is 2. The van der Waals surface area contributed by atoms with Crippen molar-refractivity contribution >= 4 is 23.5 Å². The molecule has 2 rings (SSSR count). The molecule has 0 aliphatic rings. The summed E-state index contributed by atoms with van der Waals surface area (Å²) in [6.07, 6.45) is 3.75. The fraction of sp³-hybridized carbons (Fsp3) is 0.350. The van der Waals surface area contributed by atoms with Crippen LogP contribution in [0.3, 0.4) is 0 Å².